The zero-order chi connectivity index (χ0) is 11.4. The topological polar surface area (TPSA) is 18.5 Å². The van der Waals surface area contributed by atoms with E-state index >= 15 is 0 Å². The molecule has 2 bridgehead atoms. The summed E-state index contributed by atoms with van der Waals surface area (Å²) in [5.41, 5.74) is 1.23. The van der Waals surface area contributed by atoms with Crippen LogP contribution in [-0.4, -0.2) is 31.0 Å². The molecule has 0 unspecified atom stereocenters. The lowest BCUT2D eigenvalue weighted by Gasteiger charge is -2.47. The van der Waals surface area contributed by atoms with Gasteiger partial charge in [-0.05, 0) is 30.6 Å². The Morgan fingerprint density at radius 3 is 2.94 bits per heavy atom. The number of hydrogen-bond donors (Lipinski definition) is 0. The van der Waals surface area contributed by atoms with Crippen LogP contribution in [0.4, 0.5) is 0 Å². The lowest BCUT2D eigenvalue weighted by Crippen LogP contribution is -2.48. The zero-order valence-corrected chi connectivity index (χ0v) is 11.3. The van der Waals surface area contributed by atoms with Gasteiger partial charge in [0.05, 0.1) is 12.7 Å². The number of hydrogen-bond acceptors (Lipinski definition) is 3. The Bertz CT molecular complexity index is 292. The molecule has 4 atom stereocenters. The van der Waals surface area contributed by atoms with E-state index in [1.165, 1.54) is 25.0 Å². The zero-order valence-electron chi connectivity index (χ0n) is 10.5. The lowest BCUT2D eigenvalue weighted by molar-refractivity contribution is -0.0817. The molecule has 0 aromatic heterocycles. The minimum atomic E-state index is 0.274. The summed E-state index contributed by atoms with van der Waals surface area (Å²) in [5.74, 6) is 2.16. The van der Waals surface area contributed by atoms with Gasteiger partial charge in [0.2, 0.25) is 0 Å². The largest absolute Gasteiger partial charge is 0.381 e. The summed E-state index contributed by atoms with van der Waals surface area (Å²) in [4.78, 5) is 0. The van der Waals surface area contributed by atoms with Crippen LogP contribution in [0.1, 0.15) is 33.1 Å². The summed E-state index contributed by atoms with van der Waals surface area (Å²) in [5, 5.41) is 0. The number of fused-ring (bicyclic) bond motifs is 1. The van der Waals surface area contributed by atoms with Crippen LogP contribution in [0.15, 0.2) is 0 Å². The molecule has 2 aliphatic carbocycles. The average molecular weight is 242 g/mol. The Labute approximate surface area is 102 Å². The normalized spacial score (nSPS) is 49.3. The fourth-order valence-corrected chi connectivity index (χ4v) is 5.85. The van der Waals surface area contributed by atoms with Crippen molar-refractivity contribution in [2.75, 3.05) is 19.5 Å². The third-order valence-electron chi connectivity index (χ3n) is 5.50. The van der Waals surface area contributed by atoms with E-state index in [1.54, 1.807) is 7.11 Å². The molecule has 0 aromatic carbocycles. The smallest absolute Gasteiger partial charge is 0.126 e. The SMILES string of the molecule is COC[C@@H]1O[C@@H]2C[C@H]3CC[C@]2(CS1)C3(C)C. The second-order valence-corrected chi connectivity index (χ2v) is 7.32. The van der Waals surface area contributed by atoms with Gasteiger partial charge in [0.25, 0.3) is 0 Å². The highest BCUT2D eigenvalue weighted by Gasteiger charge is 2.66. The van der Waals surface area contributed by atoms with Crippen LogP contribution in [0.2, 0.25) is 0 Å². The molecule has 1 spiro atoms. The first-order chi connectivity index (χ1) is 7.60. The van der Waals surface area contributed by atoms with Gasteiger partial charge in [0.15, 0.2) is 0 Å². The van der Waals surface area contributed by atoms with Crippen LogP contribution < -0.4 is 0 Å². The molecule has 2 nitrogen and oxygen atoms in total. The molecule has 92 valence electrons. The van der Waals surface area contributed by atoms with Crippen molar-refractivity contribution in [3.05, 3.63) is 0 Å². The van der Waals surface area contributed by atoms with E-state index in [0.717, 1.165) is 12.5 Å². The Morgan fingerprint density at radius 2 is 2.25 bits per heavy atom. The van der Waals surface area contributed by atoms with Crippen LogP contribution >= 0.6 is 11.8 Å². The monoisotopic (exact) mass is 242 g/mol. The van der Waals surface area contributed by atoms with E-state index in [2.05, 4.69) is 13.8 Å². The molecule has 0 N–H and O–H groups in total. The van der Waals surface area contributed by atoms with Gasteiger partial charge in [0.1, 0.15) is 5.44 Å². The van der Waals surface area contributed by atoms with Crippen molar-refractivity contribution >= 4 is 11.8 Å². The maximum Gasteiger partial charge on any atom is 0.126 e. The maximum absolute atomic E-state index is 6.25. The van der Waals surface area contributed by atoms with Crippen LogP contribution in [0.25, 0.3) is 0 Å². The number of methoxy groups -OCH3 is 1. The third-order valence-corrected chi connectivity index (χ3v) is 6.80. The van der Waals surface area contributed by atoms with Gasteiger partial charge < -0.3 is 9.47 Å². The molecule has 1 heterocycles. The minimum absolute atomic E-state index is 0.274. The van der Waals surface area contributed by atoms with Crippen LogP contribution in [0.5, 0.6) is 0 Å². The van der Waals surface area contributed by atoms with Gasteiger partial charge in [-0.1, -0.05) is 13.8 Å². The highest BCUT2D eigenvalue weighted by Crippen LogP contribution is 2.69. The Balaban J connectivity index is 1.80. The van der Waals surface area contributed by atoms with Gasteiger partial charge in [-0.15, -0.1) is 11.8 Å². The van der Waals surface area contributed by atoms with Crippen molar-refractivity contribution in [3.8, 4) is 0 Å². The summed E-state index contributed by atoms with van der Waals surface area (Å²) >= 11 is 1.97. The van der Waals surface area contributed by atoms with E-state index < -0.39 is 0 Å². The van der Waals surface area contributed by atoms with Crippen LogP contribution in [0.3, 0.4) is 0 Å². The molecule has 3 rings (SSSR count). The van der Waals surface area contributed by atoms with E-state index in [9.17, 15) is 0 Å². The Morgan fingerprint density at radius 1 is 1.44 bits per heavy atom. The molecule has 0 aromatic rings. The predicted molar refractivity (Wildman–Crippen MR) is 66.6 cm³/mol. The second kappa shape index (κ2) is 3.63. The number of thioether (sulfide) groups is 1. The van der Waals surface area contributed by atoms with Gasteiger partial charge in [0, 0.05) is 18.3 Å². The van der Waals surface area contributed by atoms with Crippen molar-refractivity contribution < 1.29 is 9.47 Å². The van der Waals surface area contributed by atoms with Gasteiger partial charge in [-0.25, -0.2) is 0 Å². The van der Waals surface area contributed by atoms with E-state index in [0.29, 0.717) is 16.9 Å². The summed E-state index contributed by atoms with van der Waals surface area (Å²) in [6, 6.07) is 0. The molecule has 0 radical (unpaired) electrons. The van der Waals surface area contributed by atoms with Gasteiger partial charge >= 0.3 is 0 Å². The van der Waals surface area contributed by atoms with Crippen molar-refractivity contribution in [1.82, 2.24) is 0 Å². The molecule has 3 heteroatoms. The van der Waals surface area contributed by atoms with Gasteiger partial charge in [-0.3, -0.25) is 0 Å². The molecular weight excluding hydrogens is 220 g/mol. The second-order valence-electron chi connectivity index (χ2n) is 6.17. The fourth-order valence-electron chi connectivity index (χ4n) is 4.22. The Hall–Kier alpha value is 0.270. The van der Waals surface area contributed by atoms with Crippen LogP contribution in [-0.2, 0) is 9.47 Å². The first-order valence-electron chi connectivity index (χ1n) is 6.36. The van der Waals surface area contributed by atoms with E-state index in [-0.39, 0.29) is 5.44 Å². The summed E-state index contributed by atoms with van der Waals surface area (Å²) in [7, 11) is 1.76. The van der Waals surface area contributed by atoms with E-state index in [1.807, 2.05) is 11.8 Å². The average Bonchev–Trinajstić information content (AvgIpc) is 2.62. The summed E-state index contributed by atoms with van der Waals surface area (Å²) in [6.45, 7) is 5.67. The standard InChI is InChI=1S/C13H22O2S/c1-12(2)9-4-5-13(12)8-16-11(7-14-3)15-10(13)6-9/h9-11H,4-8H2,1-3H3/t9-,10-,11-,13-/m1/s1. The minimum Gasteiger partial charge on any atom is -0.381 e. The van der Waals surface area contributed by atoms with Crippen molar-refractivity contribution in [1.29, 1.82) is 0 Å². The lowest BCUT2D eigenvalue weighted by atomic mass is 9.69. The first-order valence-corrected chi connectivity index (χ1v) is 7.41. The fraction of sp³-hybridized carbons (Fsp3) is 1.00. The number of ether oxygens (including phenoxy) is 2. The predicted octanol–water partition coefficient (Wildman–Crippen LogP) is 2.92. The van der Waals surface area contributed by atoms with Crippen LogP contribution in [0, 0.1) is 16.7 Å². The summed E-state index contributed by atoms with van der Waals surface area (Å²) < 4.78 is 11.5. The van der Waals surface area contributed by atoms with Crippen molar-refractivity contribution in [2.45, 2.75) is 44.6 Å². The first kappa shape index (κ1) is 11.4. The third kappa shape index (κ3) is 1.28. The molecule has 16 heavy (non-hydrogen) atoms. The highest BCUT2D eigenvalue weighted by molar-refractivity contribution is 7.99. The van der Waals surface area contributed by atoms with Crippen molar-refractivity contribution in [2.24, 2.45) is 16.7 Å². The van der Waals surface area contributed by atoms with Crippen molar-refractivity contribution in [3.63, 3.8) is 0 Å². The molecule has 1 saturated heterocycles. The van der Waals surface area contributed by atoms with Gasteiger partial charge in [-0.2, -0.15) is 0 Å². The molecule has 3 fully saturated rings. The number of rotatable bonds is 2. The Kier molecular flexibility index (Phi) is 2.58. The van der Waals surface area contributed by atoms with E-state index in [4.69, 9.17) is 9.47 Å². The molecule has 2 saturated carbocycles. The molecule has 3 aliphatic rings. The highest BCUT2D eigenvalue weighted by atomic mass is 32.2. The molecular formula is C13H22O2S. The summed E-state index contributed by atoms with van der Waals surface area (Å²) in [6.07, 6.45) is 4.58. The molecule has 0 amide bonds. The maximum atomic E-state index is 6.25. The molecule has 1 aliphatic heterocycles. The quantitative estimate of drug-likeness (QED) is 0.742.